The van der Waals surface area contributed by atoms with E-state index in [9.17, 15) is 14.4 Å². The molecular formula is C22H25NO5. The minimum Gasteiger partial charge on any atom is -0.461 e. The number of carbonyl (C=O) groups is 3. The SMILES string of the molecule is CCOC(=O)c1[nH]c(C)c(C(=O)O[C@H](C)C(=O)c2ccc3c(c2)CCC3)c1C. The molecule has 1 heterocycles. The van der Waals surface area contributed by atoms with Crippen LogP contribution in [0.15, 0.2) is 18.2 Å². The van der Waals surface area contributed by atoms with Gasteiger partial charge < -0.3 is 14.5 Å². The fourth-order valence-electron chi connectivity index (χ4n) is 3.70. The third kappa shape index (κ3) is 3.72. The number of hydrogen-bond donors (Lipinski definition) is 1. The van der Waals surface area contributed by atoms with Gasteiger partial charge in [0.25, 0.3) is 0 Å². The summed E-state index contributed by atoms with van der Waals surface area (Å²) in [6.45, 7) is 6.85. The lowest BCUT2D eigenvalue weighted by molar-refractivity contribution is 0.0317. The molecule has 1 aliphatic rings. The van der Waals surface area contributed by atoms with Crippen LogP contribution in [-0.2, 0) is 22.3 Å². The van der Waals surface area contributed by atoms with E-state index >= 15 is 0 Å². The third-order valence-corrected chi connectivity index (χ3v) is 5.16. The number of ketones is 1. The zero-order valence-electron chi connectivity index (χ0n) is 16.7. The van der Waals surface area contributed by atoms with Crippen LogP contribution in [0.1, 0.15) is 73.9 Å². The molecule has 0 saturated carbocycles. The van der Waals surface area contributed by atoms with Crippen molar-refractivity contribution in [1.82, 2.24) is 4.98 Å². The van der Waals surface area contributed by atoms with Crippen molar-refractivity contribution in [2.45, 2.75) is 53.1 Å². The number of Topliss-reactive ketones (excluding diaryl/α,β-unsaturated/α-hetero) is 1. The molecule has 1 aliphatic carbocycles. The van der Waals surface area contributed by atoms with Crippen LogP contribution >= 0.6 is 0 Å². The maximum atomic E-state index is 12.7. The van der Waals surface area contributed by atoms with Gasteiger partial charge in [-0.3, -0.25) is 4.79 Å². The lowest BCUT2D eigenvalue weighted by Gasteiger charge is -2.13. The van der Waals surface area contributed by atoms with Crippen LogP contribution in [0.3, 0.4) is 0 Å². The predicted molar refractivity (Wildman–Crippen MR) is 104 cm³/mol. The van der Waals surface area contributed by atoms with E-state index in [1.165, 1.54) is 11.1 Å². The number of carbonyl (C=O) groups excluding carboxylic acids is 3. The van der Waals surface area contributed by atoms with Gasteiger partial charge in [0, 0.05) is 11.3 Å². The molecule has 148 valence electrons. The third-order valence-electron chi connectivity index (χ3n) is 5.16. The van der Waals surface area contributed by atoms with Crippen molar-refractivity contribution in [3.8, 4) is 0 Å². The molecule has 0 aliphatic heterocycles. The lowest BCUT2D eigenvalue weighted by atomic mass is 10.0. The van der Waals surface area contributed by atoms with E-state index in [4.69, 9.17) is 9.47 Å². The van der Waals surface area contributed by atoms with E-state index in [0.717, 1.165) is 19.3 Å². The van der Waals surface area contributed by atoms with Gasteiger partial charge in [0.1, 0.15) is 5.69 Å². The molecule has 0 fully saturated rings. The molecule has 0 bridgehead atoms. The minimum absolute atomic E-state index is 0.226. The molecule has 1 N–H and O–H groups in total. The summed E-state index contributed by atoms with van der Waals surface area (Å²) in [4.78, 5) is 40.3. The Balaban J connectivity index is 1.75. The van der Waals surface area contributed by atoms with Crippen LogP contribution in [0.2, 0.25) is 0 Å². The number of aromatic nitrogens is 1. The Labute approximate surface area is 164 Å². The zero-order chi connectivity index (χ0) is 20.4. The van der Waals surface area contributed by atoms with Gasteiger partial charge >= 0.3 is 11.9 Å². The molecule has 6 heteroatoms. The largest absolute Gasteiger partial charge is 0.461 e. The average Bonchev–Trinajstić information content (AvgIpc) is 3.24. The Bertz CT molecular complexity index is 941. The predicted octanol–water partition coefficient (Wildman–Crippen LogP) is 3.73. The summed E-state index contributed by atoms with van der Waals surface area (Å²) in [5, 5.41) is 0. The number of aromatic amines is 1. The molecule has 28 heavy (non-hydrogen) atoms. The summed E-state index contributed by atoms with van der Waals surface area (Å²) in [6, 6.07) is 5.68. The standard InChI is InChI=1S/C22H25NO5/c1-5-27-22(26)19-12(2)18(13(3)23-19)21(25)28-14(4)20(24)17-10-9-15-7-6-8-16(15)11-17/h9-11,14,23H,5-8H2,1-4H3/t14-/m1/s1. The number of hydrogen-bond acceptors (Lipinski definition) is 5. The summed E-state index contributed by atoms with van der Waals surface area (Å²) in [5.74, 6) is -1.40. The van der Waals surface area contributed by atoms with E-state index in [-0.39, 0.29) is 23.6 Å². The minimum atomic E-state index is -0.924. The molecule has 0 radical (unpaired) electrons. The Morgan fingerprint density at radius 1 is 1.11 bits per heavy atom. The molecule has 3 rings (SSSR count). The lowest BCUT2D eigenvalue weighted by Crippen LogP contribution is -2.25. The van der Waals surface area contributed by atoms with Crippen LogP contribution in [0.25, 0.3) is 0 Å². The van der Waals surface area contributed by atoms with Crippen molar-refractivity contribution in [2.75, 3.05) is 6.61 Å². The fraction of sp³-hybridized carbons (Fsp3) is 0.409. The fourth-order valence-corrected chi connectivity index (χ4v) is 3.70. The highest BCUT2D eigenvalue weighted by molar-refractivity contribution is 6.03. The topological polar surface area (TPSA) is 85.5 Å². The highest BCUT2D eigenvalue weighted by Crippen LogP contribution is 2.24. The first-order chi connectivity index (χ1) is 13.3. The molecule has 1 atom stereocenters. The van der Waals surface area contributed by atoms with Gasteiger partial charge in [0.05, 0.1) is 12.2 Å². The smallest absolute Gasteiger partial charge is 0.355 e. The molecule has 2 aromatic rings. The van der Waals surface area contributed by atoms with Gasteiger partial charge in [-0.2, -0.15) is 0 Å². The van der Waals surface area contributed by atoms with Crippen LogP contribution in [-0.4, -0.2) is 35.4 Å². The molecule has 1 aromatic heterocycles. The molecule has 0 unspecified atom stereocenters. The number of nitrogens with one attached hydrogen (secondary N) is 1. The van der Waals surface area contributed by atoms with Crippen LogP contribution in [0, 0.1) is 13.8 Å². The van der Waals surface area contributed by atoms with E-state index in [0.29, 0.717) is 16.8 Å². The maximum absolute atomic E-state index is 12.7. The molecule has 0 spiro atoms. The van der Waals surface area contributed by atoms with Crippen molar-refractivity contribution in [3.05, 3.63) is 57.4 Å². The number of fused-ring (bicyclic) bond motifs is 1. The van der Waals surface area contributed by atoms with E-state index in [1.807, 2.05) is 12.1 Å². The van der Waals surface area contributed by atoms with Crippen molar-refractivity contribution < 1.29 is 23.9 Å². The van der Waals surface area contributed by atoms with Crippen molar-refractivity contribution in [2.24, 2.45) is 0 Å². The molecule has 6 nitrogen and oxygen atoms in total. The first kappa shape index (κ1) is 19.9. The zero-order valence-corrected chi connectivity index (χ0v) is 16.7. The number of aryl methyl sites for hydroxylation is 3. The van der Waals surface area contributed by atoms with Crippen LogP contribution in [0.4, 0.5) is 0 Å². The average molecular weight is 383 g/mol. The van der Waals surface area contributed by atoms with Gasteiger partial charge in [-0.15, -0.1) is 0 Å². The van der Waals surface area contributed by atoms with E-state index in [2.05, 4.69) is 4.98 Å². The van der Waals surface area contributed by atoms with Crippen LogP contribution in [0.5, 0.6) is 0 Å². The van der Waals surface area contributed by atoms with Gasteiger partial charge in [0.15, 0.2) is 6.10 Å². The molecular weight excluding hydrogens is 358 g/mol. The highest BCUT2D eigenvalue weighted by atomic mass is 16.5. The monoisotopic (exact) mass is 383 g/mol. The number of benzene rings is 1. The summed E-state index contributed by atoms with van der Waals surface area (Å²) >= 11 is 0. The van der Waals surface area contributed by atoms with Gasteiger partial charge in [-0.1, -0.05) is 12.1 Å². The molecule has 0 saturated heterocycles. The normalized spacial score (nSPS) is 13.7. The van der Waals surface area contributed by atoms with Gasteiger partial charge in [-0.05, 0) is 69.7 Å². The van der Waals surface area contributed by atoms with Gasteiger partial charge in [0.2, 0.25) is 5.78 Å². The Morgan fingerprint density at radius 3 is 2.54 bits per heavy atom. The first-order valence-corrected chi connectivity index (χ1v) is 9.56. The van der Waals surface area contributed by atoms with Crippen LogP contribution < -0.4 is 0 Å². The van der Waals surface area contributed by atoms with Gasteiger partial charge in [-0.25, -0.2) is 9.59 Å². The number of esters is 2. The maximum Gasteiger partial charge on any atom is 0.355 e. The summed E-state index contributed by atoms with van der Waals surface area (Å²) in [6.07, 6.45) is 2.20. The van der Waals surface area contributed by atoms with Crippen molar-refractivity contribution >= 4 is 17.7 Å². The summed E-state index contributed by atoms with van der Waals surface area (Å²) < 4.78 is 10.4. The summed E-state index contributed by atoms with van der Waals surface area (Å²) in [5.41, 5.74) is 4.48. The second kappa shape index (κ2) is 8.00. The van der Waals surface area contributed by atoms with Crippen molar-refractivity contribution in [1.29, 1.82) is 0 Å². The Morgan fingerprint density at radius 2 is 1.82 bits per heavy atom. The molecule has 0 amide bonds. The number of H-pyrrole nitrogens is 1. The van der Waals surface area contributed by atoms with E-state index < -0.39 is 18.0 Å². The highest BCUT2D eigenvalue weighted by Gasteiger charge is 2.27. The molecule has 1 aromatic carbocycles. The number of ether oxygens (including phenoxy) is 2. The Kier molecular flexibility index (Phi) is 5.68. The first-order valence-electron chi connectivity index (χ1n) is 9.56. The quantitative estimate of drug-likeness (QED) is 0.607. The number of rotatable bonds is 6. The van der Waals surface area contributed by atoms with E-state index in [1.54, 1.807) is 33.8 Å². The van der Waals surface area contributed by atoms with Crippen molar-refractivity contribution in [3.63, 3.8) is 0 Å². The Hall–Kier alpha value is -2.89. The second-order valence-corrected chi connectivity index (χ2v) is 7.09. The second-order valence-electron chi connectivity index (χ2n) is 7.09. The summed E-state index contributed by atoms with van der Waals surface area (Å²) in [7, 11) is 0.